The second kappa shape index (κ2) is 6.52. The van der Waals surface area contributed by atoms with Gasteiger partial charge in [-0.1, -0.05) is 0 Å². The minimum atomic E-state index is -0.338. The van der Waals surface area contributed by atoms with E-state index in [2.05, 4.69) is 15.6 Å². The van der Waals surface area contributed by atoms with Crippen molar-refractivity contribution < 1.29 is 9.53 Å². The Bertz CT molecular complexity index is 442. The molecule has 1 aromatic heterocycles. The van der Waals surface area contributed by atoms with E-state index in [4.69, 9.17) is 4.74 Å². The van der Waals surface area contributed by atoms with Crippen LogP contribution in [0.5, 0.6) is 0 Å². The highest BCUT2D eigenvalue weighted by atomic mass is 16.5. The number of hydrogen-bond acceptors (Lipinski definition) is 5. The molecule has 5 nitrogen and oxygen atoms in total. The molecular weight excluding hydrogens is 242 g/mol. The average molecular weight is 263 g/mol. The molecule has 1 saturated heterocycles. The van der Waals surface area contributed by atoms with Crippen LogP contribution in [0.4, 0.5) is 5.82 Å². The van der Waals surface area contributed by atoms with Gasteiger partial charge in [-0.05, 0) is 50.9 Å². The Morgan fingerprint density at radius 2 is 2.21 bits per heavy atom. The van der Waals surface area contributed by atoms with Crippen molar-refractivity contribution in [3.8, 4) is 0 Å². The third-order valence-electron chi connectivity index (χ3n) is 3.52. The summed E-state index contributed by atoms with van der Waals surface area (Å²) in [6.07, 6.45) is 2.40. The van der Waals surface area contributed by atoms with E-state index in [0.717, 1.165) is 25.5 Å². The number of aromatic nitrogens is 1. The van der Waals surface area contributed by atoms with Gasteiger partial charge in [-0.3, -0.25) is 0 Å². The van der Waals surface area contributed by atoms with Crippen LogP contribution in [0.1, 0.15) is 28.9 Å². The molecule has 0 saturated carbocycles. The molecule has 1 aliphatic heterocycles. The molecule has 2 heterocycles. The Labute approximate surface area is 113 Å². The third-order valence-corrected chi connectivity index (χ3v) is 3.52. The molecule has 0 amide bonds. The number of carbonyl (C=O) groups excluding carboxylic acids is 1. The number of piperidine rings is 1. The normalized spacial score (nSPS) is 16.1. The Kier molecular flexibility index (Phi) is 4.74. The molecule has 1 aliphatic rings. The second-order valence-electron chi connectivity index (χ2n) is 4.90. The number of methoxy groups -OCH3 is 1. The van der Waals surface area contributed by atoms with E-state index in [9.17, 15) is 4.79 Å². The van der Waals surface area contributed by atoms with Gasteiger partial charge in [0.2, 0.25) is 0 Å². The van der Waals surface area contributed by atoms with E-state index in [1.807, 2.05) is 13.0 Å². The van der Waals surface area contributed by atoms with Crippen molar-refractivity contribution in [2.45, 2.75) is 19.8 Å². The molecule has 2 N–H and O–H groups in total. The Balaban J connectivity index is 1.94. The Morgan fingerprint density at radius 1 is 1.47 bits per heavy atom. The van der Waals surface area contributed by atoms with Crippen molar-refractivity contribution in [3.05, 3.63) is 23.4 Å². The van der Waals surface area contributed by atoms with Crippen molar-refractivity contribution in [2.75, 3.05) is 32.1 Å². The Morgan fingerprint density at radius 3 is 2.84 bits per heavy atom. The molecule has 0 bridgehead atoms. The molecule has 0 radical (unpaired) electrons. The highest BCUT2D eigenvalue weighted by Crippen LogP contribution is 2.15. The fourth-order valence-corrected chi connectivity index (χ4v) is 2.32. The molecular formula is C14H21N3O2. The van der Waals surface area contributed by atoms with Gasteiger partial charge in [0.25, 0.3) is 0 Å². The van der Waals surface area contributed by atoms with Gasteiger partial charge in [-0.15, -0.1) is 0 Å². The lowest BCUT2D eigenvalue weighted by Crippen LogP contribution is -2.31. The first-order chi connectivity index (χ1) is 9.20. The number of nitrogens with zero attached hydrogens (tertiary/aromatic N) is 1. The summed E-state index contributed by atoms with van der Waals surface area (Å²) in [5.41, 5.74) is 1.22. The molecule has 0 spiro atoms. The van der Waals surface area contributed by atoms with E-state index in [1.165, 1.54) is 20.0 Å². The molecule has 0 aliphatic carbocycles. The largest absolute Gasteiger partial charge is 0.465 e. The predicted molar refractivity (Wildman–Crippen MR) is 74.4 cm³/mol. The fourth-order valence-electron chi connectivity index (χ4n) is 2.32. The standard InChI is InChI=1S/C14H21N3O2/c1-10-12(14(18)19-2)3-4-13(17-10)16-9-11-5-7-15-8-6-11/h3-4,11,15H,5-9H2,1-2H3,(H,16,17). The lowest BCUT2D eigenvalue weighted by atomic mass is 9.98. The van der Waals surface area contributed by atoms with Crippen LogP contribution in [0.15, 0.2) is 12.1 Å². The van der Waals surface area contributed by atoms with Gasteiger partial charge < -0.3 is 15.4 Å². The molecule has 0 aromatic carbocycles. The zero-order valence-electron chi connectivity index (χ0n) is 11.5. The number of anilines is 1. The van der Waals surface area contributed by atoms with Crippen LogP contribution in [0.3, 0.4) is 0 Å². The minimum absolute atomic E-state index is 0.338. The lowest BCUT2D eigenvalue weighted by Gasteiger charge is -2.23. The van der Waals surface area contributed by atoms with Crippen molar-refractivity contribution >= 4 is 11.8 Å². The summed E-state index contributed by atoms with van der Waals surface area (Å²) in [5, 5.41) is 6.70. The number of carbonyl (C=O) groups is 1. The second-order valence-corrected chi connectivity index (χ2v) is 4.90. The van der Waals surface area contributed by atoms with Gasteiger partial charge in [0.05, 0.1) is 18.4 Å². The van der Waals surface area contributed by atoms with Gasteiger partial charge >= 0.3 is 5.97 Å². The SMILES string of the molecule is COC(=O)c1ccc(NCC2CCNCC2)nc1C. The van der Waals surface area contributed by atoms with Gasteiger partial charge in [-0.2, -0.15) is 0 Å². The van der Waals surface area contributed by atoms with Crippen LogP contribution < -0.4 is 10.6 Å². The molecule has 19 heavy (non-hydrogen) atoms. The van der Waals surface area contributed by atoms with Crippen LogP contribution in [0, 0.1) is 12.8 Å². The maximum Gasteiger partial charge on any atom is 0.339 e. The number of ether oxygens (including phenoxy) is 1. The van der Waals surface area contributed by atoms with Gasteiger partial charge in [-0.25, -0.2) is 9.78 Å². The van der Waals surface area contributed by atoms with Gasteiger partial charge in [0.1, 0.15) is 5.82 Å². The number of rotatable bonds is 4. The van der Waals surface area contributed by atoms with Gasteiger partial charge in [0, 0.05) is 6.54 Å². The number of nitrogens with one attached hydrogen (secondary N) is 2. The Hall–Kier alpha value is -1.62. The minimum Gasteiger partial charge on any atom is -0.465 e. The maximum atomic E-state index is 11.5. The van der Waals surface area contributed by atoms with Crippen LogP contribution in [-0.2, 0) is 4.74 Å². The summed E-state index contributed by atoms with van der Waals surface area (Å²) in [6, 6.07) is 3.60. The first-order valence-corrected chi connectivity index (χ1v) is 6.71. The van der Waals surface area contributed by atoms with Crippen LogP contribution in [0.25, 0.3) is 0 Å². The molecule has 1 fully saturated rings. The smallest absolute Gasteiger partial charge is 0.339 e. The monoisotopic (exact) mass is 263 g/mol. The summed E-state index contributed by atoms with van der Waals surface area (Å²) in [7, 11) is 1.38. The first kappa shape index (κ1) is 13.8. The first-order valence-electron chi connectivity index (χ1n) is 6.71. The summed E-state index contributed by atoms with van der Waals surface area (Å²) < 4.78 is 4.71. The number of hydrogen-bond donors (Lipinski definition) is 2. The molecule has 2 rings (SSSR count). The van der Waals surface area contributed by atoms with Crippen molar-refractivity contribution in [1.29, 1.82) is 0 Å². The van der Waals surface area contributed by atoms with Crippen molar-refractivity contribution in [1.82, 2.24) is 10.3 Å². The molecule has 104 valence electrons. The number of aryl methyl sites for hydroxylation is 1. The van der Waals surface area contributed by atoms with Crippen molar-refractivity contribution in [3.63, 3.8) is 0 Å². The maximum absolute atomic E-state index is 11.5. The van der Waals surface area contributed by atoms with E-state index < -0.39 is 0 Å². The summed E-state index contributed by atoms with van der Waals surface area (Å²) in [6.45, 7) is 4.95. The molecule has 5 heteroatoms. The van der Waals surface area contributed by atoms with E-state index >= 15 is 0 Å². The number of esters is 1. The molecule has 0 unspecified atom stereocenters. The molecule has 1 aromatic rings. The average Bonchev–Trinajstić information content (AvgIpc) is 2.45. The summed E-state index contributed by atoms with van der Waals surface area (Å²) in [4.78, 5) is 15.9. The quantitative estimate of drug-likeness (QED) is 0.808. The van der Waals surface area contributed by atoms with Crippen LogP contribution in [-0.4, -0.2) is 37.7 Å². The zero-order chi connectivity index (χ0) is 13.7. The zero-order valence-corrected chi connectivity index (χ0v) is 11.5. The van der Waals surface area contributed by atoms with E-state index in [-0.39, 0.29) is 5.97 Å². The number of pyridine rings is 1. The third kappa shape index (κ3) is 3.67. The topological polar surface area (TPSA) is 63.2 Å². The predicted octanol–water partition coefficient (Wildman–Crippen LogP) is 1.59. The van der Waals surface area contributed by atoms with Crippen LogP contribution >= 0.6 is 0 Å². The van der Waals surface area contributed by atoms with E-state index in [1.54, 1.807) is 6.07 Å². The summed E-state index contributed by atoms with van der Waals surface area (Å²) in [5.74, 6) is 1.18. The van der Waals surface area contributed by atoms with Crippen molar-refractivity contribution in [2.24, 2.45) is 5.92 Å². The molecule has 0 atom stereocenters. The van der Waals surface area contributed by atoms with Gasteiger partial charge in [0.15, 0.2) is 0 Å². The summed E-state index contributed by atoms with van der Waals surface area (Å²) >= 11 is 0. The van der Waals surface area contributed by atoms with Crippen LogP contribution in [0.2, 0.25) is 0 Å². The lowest BCUT2D eigenvalue weighted by molar-refractivity contribution is 0.0599. The highest BCUT2D eigenvalue weighted by Gasteiger charge is 2.14. The fraction of sp³-hybridized carbons (Fsp3) is 0.571. The van der Waals surface area contributed by atoms with E-state index in [0.29, 0.717) is 17.2 Å². The highest BCUT2D eigenvalue weighted by molar-refractivity contribution is 5.90.